The Hall–Kier alpha value is -5.04. The van der Waals surface area contributed by atoms with E-state index in [4.69, 9.17) is 39.6 Å². The molecule has 2 fully saturated rings. The van der Waals surface area contributed by atoms with Crippen molar-refractivity contribution in [3.8, 4) is 46.8 Å². The van der Waals surface area contributed by atoms with Crippen LogP contribution in [0, 0.1) is 18.3 Å². The van der Waals surface area contributed by atoms with E-state index in [9.17, 15) is 9.59 Å². The van der Waals surface area contributed by atoms with E-state index in [1.807, 2.05) is 54.6 Å². The van der Waals surface area contributed by atoms with Gasteiger partial charge in [-0.1, -0.05) is 43.4 Å². The topological polar surface area (TPSA) is 102 Å². The van der Waals surface area contributed by atoms with Crippen molar-refractivity contribution < 1.29 is 42.7 Å². The van der Waals surface area contributed by atoms with Gasteiger partial charge in [-0.15, -0.1) is 6.42 Å². The minimum Gasteiger partial charge on any atom is -0.497 e. The lowest BCUT2D eigenvalue weighted by Crippen LogP contribution is -2.51. The van der Waals surface area contributed by atoms with Crippen LogP contribution in [0.1, 0.15) is 86.5 Å². The fourth-order valence-corrected chi connectivity index (χ4v) is 7.74. The van der Waals surface area contributed by atoms with Crippen molar-refractivity contribution in [1.29, 1.82) is 0 Å². The molecule has 0 bridgehead atoms. The van der Waals surface area contributed by atoms with Gasteiger partial charge in [0, 0.05) is 6.54 Å². The van der Waals surface area contributed by atoms with Crippen LogP contribution in [0.5, 0.6) is 34.5 Å². The van der Waals surface area contributed by atoms with Crippen LogP contribution in [0.2, 0.25) is 0 Å². The van der Waals surface area contributed by atoms with Gasteiger partial charge in [0.2, 0.25) is 11.7 Å². The van der Waals surface area contributed by atoms with Crippen LogP contribution in [-0.2, 0) is 20.7 Å². The number of aryl methyl sites for hydroxylation is 1. The van der Waals surface area contributed by atoms with Crippen molar-refractivity contribution in [1.82, 2.24) is 4.90 Å². The van der Waals surface area contributed by atoms with Gasteiger partial charge in [-0.2, -0.15) is 0 Å². The van der Waals surface area contributed by atoms with Crippen molar-refractivity contribution in [2.24, 2.45) is 5.92 Å². The number of hydrogen-bond donors (Lipinski definition) is 0. The molecule has 284 valence electrons. The van der Waals surface area contributed by atoms with Gasteiger partial charge >= 0.3 is 5.97 Å². The number of likely N-dealkylation sites (tertiary alicyclic amines) is 1. The number of nitrogens with zero attached hydrogens (tertiary/aromatic N) is 1. The van der Waals surface area contributed by atoms with E-state index in [1.165, 1.54) is 0 Å². The number of piperidine rings is 1. The van der Waals surface area contributed by atoms with Crippen molar-refractivity contribution in [2.45, 2.75) is 82.3 Å². The lowest BCUT2D eigenvalue weighted by Gasteiger charge is -2.40. The molecule has 1 saturated heterocycles. The van der Waals surface area contributed by atoms with Gasteiger partial charge in [0.05, 0.1) is 41.5 Å². The Labute approximate surface area is 314 Å². The Bertz CT molecular complexity index is 1700. The zero-order valence-electron chi connectivity index (χ0n) is 31.7. The largest absolute Gasteiger partial charge is 0.497 e. The van der Waals surface area contributed by atoms with Gasteiger partial charge in [-0.25, -0.2) is 4.79 Å². The Kier molecular flexibility index (Phi) is 14.2. The van der Waals surface area contributed by atoms with Crippen molar-refractivity contribution in [3.05, 3.63) is 71.3 Å². The predicted molar refractivity (Wildman–Crippen MR) is 202 cm³/mol. The minimum absolute atomic E-state index is 0.0662. The molecular weight excluding hydrogens is 674 g/mol. The van der Waals surface area contributed by atoms with Crippen LogP contribution in [0.25, 0.3) is 0 Å². The molecule has 1 aliphatic heterocycles. The van der Waals surface area contributed by atoms with Gasteiger partial charge in [-0.3, -0.25) is 4.79 Å². The number of esters is 1. The lowest BCUT2D eigenvalue weighted by atomic mass is 9.75. The van der Waals surface area contributed by atoms with Crippen molar-refractivity contribution in [3.63, 3.8) is 0 Å². The van der Waals surface area contributed by atoms with Gasteiger partial charge < -0.3 is 38.1 Å². The first-order chi connectivity index (χ1) is 25.8. The second-order valence-electron chi connectivity index (χ2n) is 13.6. The zero-order valence-corrected chi connectivity index (χ0v) is 31.7. The third-order valence-electron chi connectivity index (χ3n) is 10.4. The second kappa shape index (κ2) is 19.2. The maximum Gasteiger partial charge on any atom is 0.329 e. The number of carbonyl (C=O) groups is 2. The van der Waals surface area contributed by atoms with Crippen molar-refractivity contribution >= 4 is 11.9 Å². The molecular formula is C43H53NO9. The maximum atomic E-state index is 14.9. The first-order valence-electron chi connectivity index (χ1n) is 18.5. The van der Waals surface area contributed by atoms with Crippen LogP contribution in [0.15, 0.2) is 54.6 Å². The highest BCUT2D eigenvalue weighted by Crippen LogP contribution is 2.45. The highest BCUT2D eigenvalue weighted by molar-refractivity contribution is 5.89. The fraction of sp³-hybridized carbons (Fsp3) is 0.488. The Morgan fingerprint density at radius 3 is 2.15 bits per heavy atom. The fourth-order valence-electron chi connectivity index (χ4n) is 7.74. The summed E-state index contributed by atoms with van der Waals surface area (Å²) in [7, 11) is 7.91. The highest BCUT2D eigenvalue weighted by atomic mass is 16.5. The molecule has 0 spiro atoms. The number of hydrogen-bond acceptors (Lipinski definition) is 9. The molecule has 0 radical (unpaired) electrons. The number of ether oxygens (including phenoxy) is 7. The van der Waals surface area contributed by atoms with Crippen LogP contribution in [0.4, 0.5) is 0 Å². The number of benzene rings is 3. The minimum atomic E-state index is -0.720. The Morgan fingerprint density at radius 2 is 1.49 bits per heavy atom. The quantitative estimate of drug-likeness (QED) is 0.109. The molecule has 3 aromatic rings. The van der Waals surface area contributed by atoms with E-state index in [0.29, 0.717) is 60.3 Å². The molecule has 3 atom stereocenters. The standard InChI is InChI=1S/C43H53NO9/c1-7-24-52-37-25-29(20-22-36(37)48-3)19-21-35(31-16-13-17-33(26-31)47-2)53-43(46)34-18-11-12-23-44(34)42(45)40(30-14-9-8-10-15-30)32-27-38(49-4)41(51-6)39(28-32)50-5/h1,13,16-17,20,22,25-28,30,34-35,40H,8-12,14-15,18-19,21,23-24H2,2-6H3/t34?,35?,40-/m0/s1. The third kappa shape index (κ3) is 9.50. The lowest BCUT2D eigenvalue weighted by molar-refractivity contribution is -0.163. The molecule has 5 rings (SSSR count). The number of carbonyl (C=O) groups excluding carboxylic acids is 2. The summed E-state index contributed by atoms with van der Waals surface area (Å²) in [6.45, 7) is 0.587. The zero-order chi connectivity index (χ0) is 37.7. The van der Waals surface area contributed by atoms with E-state index < -0.39 is 24.0 Å². The van der Waals surface area contributed by atoms with E-state index in [2.05, 4.69) is 5.92 Å². The molecule has 0 aromatic heterocycles. The average Bonchev–Trinajstić information content (AvgIpc) is 3.21. The SMILES string of the molecule is C#CCOc1cc(CCC(OC(=O)C2CCCCN2C(=O)[C@H](c2cc(OC)c(OC)c(OC)c2)C2CCCCC2)c2cccc(OC)c2)ccc1OC. The molecule has 3 aromatic carbocycles. The number of amides is 1. The average molecular weight is 728 g/mol. The van der Waals surface area contributed by atoms with Crippen molar-refractivity contribution in [2.75, 3.05) is 48.7 Å². The van der Waals surface area contributed by atoms with Gasteiger partial charge in [-0.05, 0) is 104 Å². The van der Waals surface area contributed by atoms with Gasteiger partial charge in [0.1, 0.15) is 24.5 Å². The van der Waals surface area contributed by atoms with Crippen LogP contribution < -0.4 is 28.4 Å². The molecule has 1 heterocycles. The molecule has 1 aliphatic carbocycles. The molecule has 2 unspecified atom stereocenters. The summed E-state index contributed by atoms with van der Waals surface area (Å²) in [6.07, 6.45) is 13.1. The number of methoxy groups -OCH3 is 5. The molecule has 1 amide bonds. The molecule has 1 saturated carbocycles. The summed E-state index contributed by atoms with van der Waals surface area (Å²) in [6, 6.07) is 16.3. The van der Waals surface area contributed by atoms with E-state index in [0.717, 1.165) is 61.6 Å². The summed E-state index contributed by atoms with van der Waals surface area (Å²) in [4.78, 5) is 31.1. The summed E-state index contributed by atoms with van der Waals surface area (Å²) in [5, 5.41) is 0. The summed E-state index contributed by atoms with van der Waals surface area (Å²) in [5.74, 6) is 4.91. The summed E-state index contributed by atoms with van der Waals surface area (Å²) < 4.78 is 40.1. The maximum absolute atomic E-state index is 14.9. The Morgan fingerprint density at radius 1 is 0.774 bits per heavy atom. The molecule has 2 aliphatic rings. The first-order valence-corrected chi connectivity index (χ1v) is 18.5. The molecule has 53 heavy (non-hydrogen) atoms. The van der Waals surface area contributed by atoms with E-state index >= 15 is 0 Å². The normalized spacial score (nSPS) is 17.1. The van der Waals surface area contributed by atoms with Gasteiger partial charge in [0.25, 0.3) is 0 Å². The second-order valence-corrected chi connectivity index (χ2v) is 13.6. The summed E-state index contributed by atoms with van der Waals surface area (Å²) >= 11 is 0. The first kappa shape index (κ1) is 39.2. The smallest absolute Gasteiger partial charge is 0.329 e. The number of rotatable bonds is 16. The molecule has 10 heteroatoms. The van der Waals surface area contributed by atoms with Crippen LogP contribution in [0.3, 0.4) is 0 Å². The van der Waals surface area contributed by atoms with E-state index in [-0.39, 0.29) is 18.4 Å². The van der Waals surface area contributed by atoms with Crippen LogP contribution in [-0.4, -0.2) is 71.5 Å². The molecule has 0 N–H and O–H groups in total. The molecule has 10 nitrogen and oxygen atoms in total. The Balaban J connectivity index is 1.44. The third-order valence-corrected chi connectivity index (χ3v) is 10.4. The summed E-state index contributed by atoms with van der Waals surface area (Å²) in [5.41, 5.74) is 2.58. The van der Waals surface area contributed by atoms with E-state index in [1.54, 1.807) is 40.4 Å². The highest BCUT2D eigenvalue weighted by Gasteiger charge is 2.41. The monoisotopic (exact) mass is 727 g/mol. The van der Waals surface area contributed by atoms with Gasteiger partial charge in [0.15, 0.2) is 23.0 Å². The number of terminal acetylenes is 1. The van der Waals surface area contributed by atoms with Crippen LogP contribution >= 0.6 is 0 Å². The predicted octanol–water partition coefficient (Wildman–Crippen LogP) is 7.70.